The standard InChI is InChI=1S/C48H69N3O11/c1-9-48(5,28-30(2)3)22-23-49-46(54)61-31(4)60-44(52)34-12-14-36(15-13-34)50-37-16-18-38(19-17-37)51-47(55)62-41-21-11-33(27-43(41)58-8)25-39-35(29-59-45(39)53)24-32-10-20-40(56-6)42(26-32)57-7/h10-11,20-21,26-27,31,34-39,50H,2,9,12-19,22-25,28-29H2,1,3-8H3,(H,49,54)(H,51,55)/t31?,34-,35-,36+,37?,38?,39+,48?/m0/s1. The van der Waals surface area contributed by atoms with E-state index in [9.17, 15) is 19.2 Å². The first-order valence-corrected chi connectivity index (χ1v) is 22.3. The molecule has 2 saturated carbocycles. The maximum atomic E-state index is 13.0. The molecular weight excluding hydrogens is 795 g/mol. The predicted molar refractivity (Wildman–Crippen MR) is 234 cm³/mol. The lowest BCUT2D eigenvalue weighted by molar-refractivity contribution is -0.171. The zero-order valence-electron chi connectivity index (χ0n) is 37.8. The monoisotopic (exact) mass is 863 g/mol. The van der Waals surface area contributed by atoms with Gasteiger partial charge in [-0.3, -0.25) is 9.59 Å². The van der Waals surface area contributed by atoms with Gasteiger partial charge in [-0.1, -0.05) is 38.0 Å². The van der Waals surface area contributed by atoms with E-state index in [2.05, 4.69) is 36.4 Å². The molecule has 2 aromatic carbocycles. The number of cyclic esters (lactones) is 1. The molecule has 1 aliphatic heterocycles. The fraction of sp³-hybridized carbons (Fsp3) is 0.625. The maximum absolute atomic E-state index is 13.0. The van der Waals surface area contributed by atoms with Crippen LogP contribution < -0.4 is 34.9 Å². The Bertz CT molecular complexity index is 1840. The number of hydrogen-bond donors (Lipinski definition) is 3. The van der Waals surface area contributed by atoms with Crippen LogP contribution in [0.2, 0.25) is 0 Å². The summed E-state index contributed by atoms with van der Waals surface area (Å²) < 4.78 is 38.4. The fourth-order valence-electron chi connectivity index (χ4n) is 9.13. The molecule has 3 N–H and O–H groups in total. The molecule has 62 heavy (non-hydrogen) atoms. The molecule has 0 spiro atoms. The zero-order valence-corrected chi connectivity index (χ0v) is 37.8. The minimum absolute atomic E-state index is 0.0170. The summed E-state index contributed by atoms with van der Waals surface area (Å²) in [6.07, 6.45) is 8.21. The van der Waals surface area contributed by atoms with E-state index in [1.54, 1.807) is 33.3 Å². The molecule has 5 rings (SSSR count). The van der Waals surface area contributed by atoms with Crippen molar-refractivity contribution >= 4 is 24.1 Å². The van der Waals surface area contributed by atoms with Crippen molar-refractivity contribution in [1.29, 1.82) is 0 Å². The van der Waals surface area contributed by atoms with Crippen molar-refractivity contribution in [3.63, 3.8) is 0 Å². The first kappa shape index (κ1) is 48.1. The van der Waals surface area contributed by atoms with Gasteiger partial charge in [0.2, 0.25) is 6.29 Å². The molecule has 3 aliphatic rings. The number of hydrogen-bond acceptors (Lipinski definition) is 12. The number of carbonyl (C=O) groups is 4. The van der Waals surface area contributed by atoms with Crippen molar-refractivity contribution in [3.05, 3.63) is 59.7 Å². The number of alkyl carbamates (subject to hydrolysis) is 1. The molecule has 0 radical (unpaired) electrons. The van der Waals surface area contributed by atoms with Gasteiger partial charge in [0.05, 0.1) is 39.8 Å². The molecule has 342 valence electrons. The third-order valence-corrected chi connectivity index (χ3v) is 12.9. The van der Waals surface area contributed by atoms with Crippen molar-refractivity contribution in [2.45, 2.75) is 136 Å². The number of rotatable bonds is 20. The lowest BCUT2D eigenvalue weighted by Gasteiger charge is -2.35. The summed E-state index contributed by atoms with van der Waals surface area (Å²) in [4.78, 5) is 51.1. The Kier molecular flexibility index (Phi) is 17.8. The molecule has 1 saturated heterocycles. The van der Waals surface area contributed by atoms with Gasteiger partial charge in [0.25, 0.3) is 0 Å². The first-order chi connectivity index (χ1) is 29.7. The van der Waals surface area contributed by atoms with Crippen LogP contribution in [0.1, 0.15) is 109 Å². The van der Waals surface area contributed by atoms with Crippen LogP contribution in [0.15, 0.2) is 48.6 Å². The summed E-state index contributed by atoms with van der Waals surface area (Å²) in [6.45, 7) is 12.7. The Balaban J connectivity index is 0.985. The number of allylic oxidation sites excluding steroid dienone is 1. The van der Waals surface area contributed by atoms with Gasteiger partial charge in [-0.05, 0) is 125 Å². The number of esters is 2. The molecule has 0 bridgehead atoms. The average Bonchev–Trinajstić information content (AvgIpc) is 3.58. The minimum Gasteiger partial charge on any atom is -0.493 e. The summed E-state index contributed by atoms with van der Waals surface area (Å²) >= 11 is 0. The molecule has 14 heteroatoms. The lowest BCUT2D eigenvalue weighted by atomic mass is 9.79. The number of carbonyl (C=O) groups excluding carboxylic acids is 4. The molecule has 2 unspecified atom stereocenters. The Hall–Kier alpha value is -4.98. The summed E-state index contributed by atoms with van der Waals surface area (Å²) in [5.74, 6) is 0.836. The zero-order chi connectivity index (χ0) is 44.8. The van der Waals surface area contributed by atoms with Crippen LogP contribution in [0.3, 0.4) is 0 Å². The van der Waals surface area contributed by atoms with Crippen LogP contribution in [-0.4, -0.2) is 83.0 Å². The molecular formula is C48H69N3O11. The molecule has 0 aromatic heterocycles. The van der Waals surface area contributed by atoms with Crippen LogP contribution >= 0.6 is 0 Å². The predicted octanol–water partition coefficient (Wildman–Crippen LogP) is 8.22. The largest absolute Gasteiger partial charge is 0.493 e. The minimum atomic E-state index is -0.970. The Morgan fingerprint density at radius 2 is 1.39 bits per heavy atom. The third-order valence-electron chi connectivity index (χ3n) is 12.9. The highest BCUT2D eigenvalue weighted by Gasteiger charge is 2.37. The Labute approximate surface area is 367 Å². The quantitative estimate of drug-likeness (QED) is 0.0664. The highest BCUT2D eigenvalue weighted by molar-refractivity contribution is 5.76. The smallest absolute Gasteiger partial charge is 0.412 e. The molecule has 2 aromatic rings. The van der Waals surface area contributed by atoms with Crippen molar-refractivity contribution < 1.29 is 52.3 Å². The van der Waals surface area contributed by atoms with E-state index >= 15 is 0 Å². The van der Waals surface area contributed by atoms with E-state index in [1.807, 2.05) is 31.2 Å². The van der Waals surface area contributed by atoms with Crippen molar-refractivity contribution in [1.82, 2.24) is 16.0 Å². The maximum Gasteiger partial charge on any atom is 0.412 e. The van der Waals surface area contributed by atoms with Crippen molar-refractivity contribution in [3.8, 4) is 23.0 Å². The number of benzene rings is 2. The fourth-order valence-corrected chi connectivity index (χ4v) is 9.13. The highest BCUT2D eigenvalue weighted by atomic mass is 16.7. The number of ether oxygens (including phenoxy) is 7. The van der Waals surface area contributed by atoms with E-state index < -0.39 is 18.5 Å². The van der Waals surface area contributed by atoms with Gasteiger partial charge in [0.1, 0.15) is 0 Å². The van der Waals surface area contributed by atoms with Gasteiger partial charge < -0.3 is 49.1 Å². The van der Waals surface area contributed by atoms with Gasteiger partial charge in [-0.25, -0.2) is 9.59 Å². The van der Waals surface area contributed by atoms with E-state index in [0.29, 0.717) is 73.9 Å². The molecule has 3 fully saturated rings. The molecule has 4 atom stereocenters. The Morgan fingerprint density at radius 1 is 0.806 bits per heavy atom. The third kappa shape index (κ3) is 14.0. The van der Waals surface area contributed by atoms with Crippen LogP contribution in [0.5, 0.6) is 23.0 Å². The van der Waals surface area contributed by atoms with Crippen LogP contribution in [0, 0.1) is 23.2 Å². The number of amides is 2. The average molecular weight is 864 g/mol. The van der Waals surface area contributed by atoms with Crippen LogP contribution in [0.4, 0.5) is 9.59 Å². The second-order valence-electron chi connectivity index (χ2n) is 17.8. The number of methoxy groups -OCH3 is 3. The molecule has 2 aliphatic carbocycles. The van der Waals surface area contributed by atoms with Gasteiger partial charge in [-0.15, -0.1) is 6.58 Å². The van der Waals surface area contributed by atoms with Crippen molar-refractivity contribution in [2.75, 3.05) is 34.5 Å². The van der Waals surface area contributed by atoms with E-state index in [4.69, 9.17) is 33.2 Å². The van der Waals surface area contributed by atoms with Crippen LogP contribution in [-0.2, 0) is 36.6 Å². The summed E-state index contributed by atoms with van der Waals surface area (Å²) in [5, 5.41) is 9.59. The summed E-state index contributed by atoms with van der Waals surface area (Å²) in [5.41, 5.74) is 3.07. The SMILES string of the molecule is C=C(C)CC(C)(CC)CCNC(=O)OC(C)OC(=O)[C@H]1CC[C@@H](NC2CCC(NC(=O)Oc3ccc(C[C@H]4C(=O)OC[C@@H]4Cc4ccc(OC)c(OC)c4)cc3OC)CC2)CC1. The second-order valence-corrected chi connectivity index (χ2v) is 17.8. The van der Waals surface area contributed by atoms with Crippen LogP contribution in [0.25, 0.3) is 0 Å². The summed E-state index contributed by atoms with van der Waals surface area (Å²) in [7, 11) is 4.71. The van der Waals surface area contributed by atoms with Gasteiger partial charge in [0.15, 0.2) is 23.0 Å². The molecule has 1 heterocycles. The van der Waals surface area contributed by atoms with Gasteiger partial charge in [0, 0.05) is 37.5 Å². The summed E-state index contributed by atoms with van der Waals surface area (Å²) in [6, 6.07) is 11.7. The number of nitrogens with one attached hydrogen (secondary N) is 3. The Morgan fingerprint density at radius 3 is 2.00 bits per heavy atom. The highest BCUT2D eigenvalue weighted by Crippen LogP contribution is 2.36. The topological polar surface area (TPSA) is 169 Å². The van der Waals surface area contributed by atoms with E-state index in [-0.39, 0.29) is 41.1 Å². The van der Waals surface area contributed by atoms with Gasteiger partial charge >= 0.3 is 24.1 Å². The first-order valence-electron chi connectivity index (χ1n) is 22.3. The lowest BCUT2D eigenvalue weighted by Crippen LogP contribution is -2.46. The van der Waals surface area contributed by atoms with E-state index in [1.165, 1.54) is 7.11 Å². The van der Waals surface area contributed by atoms with Crippen molar-refractivity contribution in [2.24, 2.45) is 23.2 Å². The van der Waals surface area contributed by atoms with E-state index in [0.717, 1.165) is 74.5 Å². The second kappa shape index (κ2) is 22.9. The normalized spacial score (nSPS) is 23.8. The molecule has 2 amide bonds. The van der Waals surface area contributed by atoms with Gasteiger partial charge in [-0.2, -0.15) is 0 Å². The molecule has 14 nitrogen and oxygen atoms in total.